The van der Waals surface area contributed by atoms with E-state index in [0.717, 1.165) is 18.3 Å². The lowest BCUT2D eigenvalue weighted by molar-refractivity contribution is -0.180. The Morgan fingerprint density at radius 1 is 1.13 bits per heavy atom. The molecule has 6 atom stereocenters. The summed E-state index contributed by atoms with van der Waals surface area (Å²) < 4.78 is 5.25. The van der Waals surface area contributed by atoms with Crippen molar-refractivity contribution in [2.75, 3.05) is 7.11 Å². The molecule has 2 bridgehead atoms. The number of allylic oxidation sites excluding steroid dienone is 2. The Morgan fingerprint density at radius 3 is 2.65 bits per heavy atom. The van der Waals surface area contributed by atoms with Gasteiger partial charge in [0.2, 0.25) is 0 Å². The van der Waals surface area contributed by atoms with Gasteiger partial charge in [-0.05, 0) is 87.4 Å². The molecular weight excluding hydrogens is 284 g/mol. The maximum absolute atomic E-state index is 12.6. The van der Waals surface area contributed by atoms with Gasteiger partial charge in [0.1, 0.15) is 0 Å². The minimum atomic E-state index is -0.266. The third kappa shape index (κ3) is 1.90. The van der Waals surface area contributed by atoms with Crippen LogP contribution in [-0.4, -0.2) is 13.1 Å². The molecular formula is C21H32O2. The molecule has 0 amide bonds. The molecule has 0 radical (unpaired) electrons. The van der Waals surface area contributed by atoms with E-state index >= 15 is 0 Å². The molecule has 0 aromatic heterocycles. The van der Waals surface area contributed by atoms with Crippen LogP contribution in [0.4, 0.5) is 0 Å². The van der Waals surface area contributed by atoms with Crippen LogP contribution in [0.3, 0.4) is 0 Å². The molecule has 0 N–H and O–H groups in total. The Labute approximate surface area is 141 Å². The molecule has 3 fully saturated rings. The third-order valence-electron chi connectivity index (χ3n) is 8.61. The summed E-state index contributed by atoms with van der Waals surface area (Å²) in [4.78, 5) is 12.6. The number of methoxy groups -OCH3 is 1. The summed E-state index contributed by atoms with van der Waals surface area (Å²) in [5.41, 5.74) is 2.15. The normalized spacial score (nSPS) is 51.5. The van der Waals surface area contributed by atoms with Crippen LogP contribution in [0.1, 0.15) is 72.1 Å². The number of carbonyl (C=O) groups excluding carboxylic acids is 1. The van der Waals surface area contributed by atoms with Gasteiger partial charge in [-0.1, -0.05) is 25.0 Å². The molecule has 0 aromatic rings. The Morgan fingerprint density at radius 2 is 1.91 bits per heavy atom. The molecule has 23 heavy (non-hydrogen) atoms. The highest BCUT2D eigenvalue weighted by Crippen LogP contribution is 2.70. The lowest BCUT2D eigenvalue weighted by atomic mass is 9.41. The van der Waals surface area contributed by atoms with Gasteiger partial charge in [-0.2, -0.15) is 0 Å². The molecule has 0 heterocycles. The van der Waals surface area contributed by atoms with Gasteiger partial charge >= 0.3 is 5.97 Å². The first-order valence-corrected chi connectivity index (χ1v) is 9.63. The highest BCUT2D eigenvalue weighted by atomic mass is 16.5. The van der Waals surface area contributed by atoms with Gasteiger partial charge in [0.15, 0.2) is 0 Å². The second-order valence-corrected chi connectivity index (χ2v) is 9.51. The fourth-order valence-electron chi connectivity index (χ4n) is 7.68. The van der Waals surface area contributed by atoms with Crippen LogP contribution < -0.4 is 0 Å². The van der Waals surface area contributed by atoms with E-state index < -0.39 is 0 Å². The van der Waals surface area contributed by atoms with E-state index in [1.165, 1.54) is 44.9 Å². The second-order valence-electron chi connectivity index (χ2n) is 9.51. The molecule has 1 unspecified atom stereocenters. The smallest absolute Gasteiger partial charge is 0.311 e. The van der Waals surface area contributed by atoms with Crippen LogP contribution >= 0.6 is 0 Å². The average Bonchev–Trinajstić information content (AvgIpc) is 2.75. The summed E-state index contributed by atoms with van der Waals surface area (Å²) in [5, 5.41) is 0. The minimum absolute atomic E-state index is 0.0382. The molecule has 0 aromatic carbocycles. The van der Waals surface area contributed by atoms with E-state index in [4.69, 9.17) is 4.74 Å². The zero-order valence-electron chi connectivity index (χ0n) is 15.3. The van der Waals surface area contributed by atoms with Gasteiger partial charge in [-0.25, -0.2) is 0 Å². The Balaban J connectivity index is 1.74. The number of esters is 1. The summed E-state index contributed by atoms with van der Waals surface area (Å²) in [5.74, 6) is 2.16. The topological polar surface area (TPSA) is 26.3 Å². The molecule has 2 heteroatoms. The molecule has 128 valence electrons. The van der Waals surface area contributed by atoms with Crippen LogP contribution in [0.2, 0.25) is 0 Å². The lowest BCUT2D eigenvalue weighted by Gasteiger charge is -2.63. The van der Waals surface area contributed by atoms with Crippen molar-refractivity contribution in [3.63, 3.8) is 0 Å². The lowest BCUT2D eigenvalue weighted by Crippen LogP contribution is -2.58. The summed E-state index contributed by atoms with van der Waals surface area (Å²) in [6.07, 6.45) is 12.8. The van der Waals surface area contributed by atoms with Crippen molar-refractivity contribution in [1.82, 2.24) is 0 Å². The summed E-state index contributed by atoms with van der Waals surface area (Å²) in [6.45, 7) is 7.07. The van der Waals surface area contributed by atoms with Crippen molar-refractivity contribution in [1.29, 1.82) is 0 Å². The fraction of sp³-hybridized carbons (Fsp3) is 0.857. The van der Waals surface area contributed by atoms with Gasteiger partial charge in [-0.3, -0.25) is 4.79 Å². The van der Waals surface area contributed by atoms with Crippen molar-refractivity contribution < 1.29 is 9.53 Å². The molecule has 3 saturated carbocycles. The Hall–Kier alpha value is -0.790. The summed E-state index contributed by atoms with van der Waals surface area (Å²) in [6, 6.07) is 0. The van der Waals surface area contributed by atoms with Crippen LogP contribution in [0.5, 0.6) is 0 Å². The van der Waals surface area contributed by atoms with Crippen molar-refractivity contribution in [3.8, 4) is 0 Å². The monoisotopic (exact) mass is 316 g/mol. The molecule has 0 aliphatic heterocycles. The van der Waals surface area contributed by atoms with Crippen molar-refractivity contribution in [2.24, 2.45) is 34.0 Å². The minimum Gasteiger partial charge on any atom is -0.469 e. The first-order valence-electron chi connectivity index (χ1n) is 9.63. The summed E-state index contributed by atoms with van der Waals surface area (Å²) >= 11 is 0. The van der Waals surface area contributed by atoms with Crippen molar-refractivity contribution >= 4 is 5.97 Å². The second kappa shape index (κ2) is 4.86. The number of fused-ring (bicyclic) bond motifs is 3. The largest absolute Gasteiger partial charge is 0.469 e. The Bertz CT molecular complexity index is 564. The summed E-state index contributed by atoms with van der Waals surface area (Å²) in [7, 11) is 1.57. The van der Waals surface area contributed by atoms with E-state index in [-0.39, 0.29) is 11.4 Å². The SMILES string of the molecule is COC(=O)[C@]1(C)CCC[C@@]2(C)[C@@H]3CCC4C[C@]3(C=C4C)CC[C@@H]21. The molecule has 1 spiro atoms. The van der Waals surface area contributed by atoms with Gasteiger partial charge < -0.3 is 4.74 Å². The number of carbonyl (C=O) groups is 1. The highest BCUT2D eigenvalue weighted by molar-refractivity contribution is 5.77. The fourth-order valence-corrected chi connectivity index (χ4v) is 7.68. The number of ether oxygens (including phenoxy) is 1. The van der Waals surface area contributed by atoms with E-state index in [0.29, 0.717) is 16.7 Å². The number of hydrogen-bond donors (Lipinski definition) is 0. The maximum Gasteiger partial charge on any atom is 0.311 e. The quantitative estimate of drug-likeness (QED) is 0.495. The van der Waals surface area contributed by atoms with Crippen LogP contribution in [0.25, 0.3) is 0 Å². The van der Waals surface area contributed by atoms with Crippen LogP contribution in [0.15, 0.2) is 11.6 Å². The Kier molecular flexibility index (Phi) is 3.32. The molecule has 2 nitrogen and oxygen atoms in total. The van der Waals surface area contributed by atoms with Crippen molar-refractivity contribution in [3.05, 3.63) is 11.6 Å². The van der Waals surface area contributed by atoms with Crippen molar-refractivity contribution in [2.45, 2.75) is 72.1 Å². The molecule has 4 rings (SSSR count). The zero-order chi connectivity index (χ0) is 16.5. The average molecular weight is 316 g/mol. The van der Waals surface area contributed by atoms with Crippen LogP contribution in [0, 0.1) is 34.0 Å². The zero-order valence-corrected chi connectivity index (χ0v) is 15.3. The van der Waals surface area contributed by atoms with Gasteiger partial charge in [0.25, 0.3) is 0 Å². The number of hydrogen-bond acceptors (Lipinski definition) is 2. The van der Waals surface area contributed by atoms with Gasteiger partial charge in [0, 0.05) is 0 Å². The van der Waals surface area contributed by atoms with Gasteiger partial charge in [0.05, 0.1) is 12.5 Å². The molecule has 4 aliphatic rings. The number of rotatable bonds is 1. The van der Waals surface area contributed by atoms with E-state index in [1.54, 1.807) is 12.7 Å². The predicted octanol–water partition coefficient (Wildman–Crippen LogP) is 5.13. The predicted molar refractivity (Wildman–Crippen MR) is 91.8 cm³/mol. The molecule has 4 aliphatic carbocycles. The maximum atomic E-state index is 12.6. The molecule has 0 saturated heterocycles. The van der Waals surface area contributed by atoms with E-state index in [2.05, 4.69) is 26.8 Å². The highest BCUT2D eigenvalue weighted by Gasteiger charge is 2.64. The van der Waals surface area contributed by atoms with E-state index in [9.17, 15) is 4.79 Å². The third-order valence-corrected chi connectivity index (χ3v) is 8.61. The first kappa shape index (κ1) is 15.7. The van der Waals surface area contributed by atoms with Crippen LogP contribution in [-0.2, 0) is 9.53 Å². The van der Waals surface area contributed by atoms with E-state index in [1.807, 2.05) is 0 Å². The first-order chi connectivity index (χ1) is 10.9. The van der Waals surface area contributed by atoms with Gasteiger partial charge in [-0.15, -0.1) is 0 Å². The standard InChI is InChI=1S/C21H32O2/c1-14-12-21-11-8-16-19(2,17(21)7-6-15(14)13-21)9-5-10-20(16,3)18(22)23-4/h12,15-17H,5-11,13H2,1-4H3/t15?,16-,17-,19+,20+,21+/m0/s1.